The minimum Gasteiger partial charge on any atom is -0.388 e. The number of rotatable bonds is 6. The molecule has 210 valence electrons. The smallest absolute Gasteiger partial charge is 0.186 e. The second-order valence-electron chi connectivity index (χ2n) is 14.2. The molecule has 37 heavy (non-hydrogen) atoms. The second kappa shape index (κ2) is 10.7. The van der Waals surface area contributed by atoms with Crippen molar-refractivity contribution in [2.24, 2.45) is 46.3 Å². The molecule has 3 N–H and O–H groups in total. The van der Waals surface area contributed by atoms with Gasteiger partial charge in [-0.3, -0.25) is 0 Å². The van der Waals surface area contributed by atoms with Crippen molar-refractivity contribution in [2.45, 2.75) is 123 Å². The Labute approximate surface area is 224 Å². The van der Waals surface area contributed by atoms with Gasteiger partial charge in [0.15, 0.2) is 6.29 Å². The lowest BCUT2D eigenvalue weighted by molar-refractivity contribution is -0.288. The van der Waals surface area contributed by atoms with E-state index in [1.807, 2.05) is 0 Å². The van der Waals surface area contributed by atoms with Crippen molar-refractivity contribution in [1.82, 2.24) is 0 Å². The van der Waals surface area contributed by atoms with Gasteiger partial charge in [-0.05, 0) is 104 Å². The van der Waals surface area contributed by atoms with Crippen LogP contribution in [-0.4, -0.2) is 52.6 Å². The molecule has 1 saturated heterocycles. The van der Waals surface area contributed by atoms with Crippen molar-refractivity contribution >= 4 is 0 Å². The summed E-state index contributed by atoms with van der Waals surface area (Å²) in [6, 6.07) is 0. The molecule has 12 unspecified atom stereocenters. The Morgan fingerprint density at radius 3 is 2.49 bits per heavy atom. The fourth-order valence-corrected chi connectivity index (χ4v) is 9.29. The van der Waals surface area contributed by atoms with Crippen LogP contribution in [0.4, 0.5) is 0 Å². The standard InChI is InChI=1S/C32H52O5/c1-19(2)7-6-8-20(3)24-11-12-25-23-10-9-21-17-22(37-30-29(35)28(34)27(33)18-36-30)13-15-31(21,4)26(23)14-16-32(24,25)5/h6,8,10,19-22,24-30,33-35H,7,9,11-18H2,1-5H3. The largest absolute Gasteiger partial charge is 0.388 e. The molecule has 0 bridgehead atoms. The third kappa shape index (κ3) is 5.01. The van der Waals surface area contributed by atoms with Gasteiger partial charge >= 0.3 is 0 Å². The molecule has 12 atom stereocenters. The third-order valence-corrected chi connectivity index (χ3v) is 11.6. The van der Waals surface area contributed by atoms with Gasteiger partial charge in [0.2, 0.25) is 0 Å². The molecule has 3 saturated carbocycles. The molecule has 5 aliphatic rings. The van der Waals surface area contributed by atoms with Gasteiger partial charge in [-0.15, -0.1) is 0 Å². The highest BCUT2D eigenvalue weighted by atomic mass is 16.7. The maximum Gasteiger partial charge on any atom is 0.186 e. The van der Waals surface area contributed by atoms with E-state index in [1.54, 1.807) is 5.57 Å². The molecule has 0 spiro atoms. The number of aliphatic hydroxyl groups excluding tert-OH is 3. The Balaban J connectivity index is 1.26. The fourth-order valence-electron chi connectivity index (χ4n) is 9.29. The Morgan fingerprint density at radius 2 is 1.73 bits per heavy atom. The molecule has 0 aromatic heterocycles. The highest BCUT2D eigenvalue weighted by molar-refractivity contribution is 5.28. The normalized spacial score (nSPS) is 48.9. The topological polar surface area (TPSA) is 79.2 Å². The van der Waals surface area contributed by atoms with E-state index in [0.717, 1.165) is 43.4 Å². The lowest BCUT2D eigenvalue weighted by Crippen LogP contribution is -2.55. The van der Waals surface area contributed by atoms with Crippen LogP contribution >= 0.6 is 0 Å². The molecule has 5 nitrogen and oxygen atoms in total. The molecule has 5 heteroatoms. The summed E-state index contributed by atoms with van der Waals surface area (Å²) in [5.41, 5.74) is 2.53. The summed E-state index contributed by atoms with van der Waals surface area (Å²) >= 11 is 0. The van der Waals surface area contributed by atoms with Gasteiger partial charge in [-0.1, -0.05) is 58.4 Å². The van der Waals surface area contributed by atoms with Crippen LogP contribution in [0.2, 0.25) is 0 Å². The predicted molar refractivity (Wildman–Crippen MR) is 146 cm³/mol. The van der Waals surface area contributed by atoms with Crippen LogP contribution in [-0.2, 0) is 9.47 Å². The monoisotopic (exact) mass is 516 g/mol. The van der Waals surface area contributed by atoms with E-state index in [4.69, 9.17) is 9.47 Å². The fraction of sp³-hybridized carbons (Fsp3) is 0.875. The van der Waals surface area contributed by atoms with Crippen molar-refractivity contribution in [3.05, 3.63) is 23.8 Å². The summed E-state index contributed by atoms with van der Waals surface area (Å²) in [7, 11) is 0. The minimum absolute atomic E-state index is 0.00177. The van der Waals surface area contributed by atoms with Crippen LogP contribution in [0.1, 0.15) is 92.4 Å². The maximum absolute atomic E-state index is 10.3. The van der Waals surface area contributed by atoms with Crippen LogP contribution in [0.3, 0.4) is 0 Å². The number of allylic oxidation sites excluding steroid dienone is 4. The number of hydrogen-bond acceptors (Lipinski definition) is 5. The molecule has 0 aromatic carbocycles. The highest BCUT2D eigenvalue weighted by Gasteiger charge is 2.58. The van der Waals surface area contributed by atoms with Gasteiger partial charge in [0.05, 0.1) is 12.7 Å². The Kier molecular flexibility index (Phi) is 8.04. The lowest BCUT2D eigenvalue weighted by Gasteiger charge is -2.58. The summed E-state index contributed by atoms with van der Waals surface area (Å²) < 4.78 is 11.7. The van der Waals surface area contributed by atoms with Crippen LogP contribution in [0, 0.1) is 46.3 Å². The van der Waals surface area contributed by atoms with Gasteiger partial charge in [0, 0.05) is 0 Å². The first-order chi connectivity index (χ1) is 17.5. The molecule has 1 aliphatic heterocycles. The van der Waals surface area contributed by atoms with Gasteiger partial charge in [-0.25, -0.2) is 0 Å². The molecule has 1 heterocycles. The van der Waals surface area contributed by atoms with Crippen molar-refractivity contribution in [1.29, 1.82) is 0 Å². The highest BCUT2D eigenvalue weighted by Crippen LogP contribution is 2.67. The quantitative estimate of drug-likeness (QED) is 0.399. The minimum atomic E-state index is -1.21. The van der Waals surface area contributed by atoms with Crippen LogP contribution in [0.5, 0.6) is 0 Å². The summed E-state index contributed by atoms with van der Waals surface area (Å²) in [5.74, 6) is 4.17. The molecular weight excluding hydrogens is 464 g/mol. The summed E-state index contributed by atoms with van der Waals surface area (Å²) in [5, 5.41) is 30.1. The number of ether oxygens (including phenoxy) is 2. The Bertz CT molecular complexity index is 867. The zero-order chi connectivity index (χ0) is 26.5. The Hall–Kier alpha value is -0.720. The van der Waals surface area contributed by atoms with Crippen molar-refractivity contribution in [3.8, 4) is 0 Å². The number of aliphatic hydroxyl groups is 3. The van der Waals surface area contributed by atoms with Gasteiger partial charge < -0.3 is 24.8 Å². The average molecular weight is 517 g/mol. The molecule has 4 aliphatic carbocycles. The van der Waals surface area contributed by atoms with Crippen LogP contribution in [0.15, 0.2) is 23.8 Å². The van der Waals surface area contributed by atoms with E-state index < -0.39 is 24.6 Å². The molecule has 0 radical (unpaired) electrons. The number of fused-ring (bicyclic) bond motifs is 5. The lowest BCUT2D eigenvalue weighted by atomic mass is 9.47. The van der Waals surface area contributed by atoms with Crippen LogP contribution in [0.25, 0.3) is 0 Å². The van der Waals surface area contributed by atoms with Crippen molar-refractivity contribution in [3.63, 3.8) is 0 Å². The zero-order valence-corrected chi connectivity index (χ0v) is 23.8. The first-order valence-electron chi connectivity index (χ1n) is 15.2. The number of hydrogen-bond donors (Lipinski definition) is 3. The third-order valence-electron chi connectivity index (χ3n) is 11.6. The van der Waals surface area contributed by atoms with Gasteiger partial charge in [-0.2, -0.15) is 0 Å². The Morgan fingerprint density at radius 1 is 1.00 bits per heavy atom. The van der Waals surface area contributed by atoms with E-state index in [-0.39, 0.29) is 12.7 Å². The van der Waals surface area contributed by atoms with E-state index >= 15 is 0 Å². The summed E-state index contributed by atoms with van der Waals surface area (Å²) in [6.07, 6.45) is 14.0. The zero-order valence-electron chi connectivity index (χ0n) is 23.8. The van der Waals surface area contributed by atoms with Crippen molar-refractivity contribution < 1.29 is 24.8 Å². The van der Waals surface area contributed by atoms with E-state index in [2.05, 4.69) is 52.8 Å². The van der Waals surface area contributed by atoms with E-state index in [9.17, 15) is 15.3 Å². The molecular formula is C32H52O5. The molecule has 4 fully saturated rings. The van der Waals surface area contributed by atoms with Gasteiger partial charge in [0.1, 0.15) is 18.3 Å². The van der Waals surface area contributed by atoms with Gasteiger partial charge in [0.25, 0.3) is 0 Å². The second-order valence-corrected chi connectivity index (χ2v) is 14.2. The first-order valence-corrected chi connectivity index (χ1v) is 15.2. The molecule has 0 aromatic rings. The molecule has 5 rings (SSSR count). The SMILES string of the molecule is CC(C)CC=CC(C)C1CCC2C3=CCC4CC(OC5OCC(O)C(O)C5O)CCC4(C)C3CCC21C. The van der Waals surface area contributed by atoms with E-state index in [1.165, 1.54) is 32.1 Å². The van der Waals surface area contributed by atoms with Crippen LogP contribution < -0.4 is 0 Å². The van der Waals surface area contributed by atoms with E-state index in [0.29, 0.717) is 28.6 Å². The predicted octanol–water partition coefficient (Wildman–Crippen LogP) is 5.63. The average Bonchev–Trinajstić information content (AvgIpc) is 3.21. The summed E-state index contributed by atoms with van der Waals surface area (Å²) in [6.45, 7) is 12.2. The first kappa shape index (κ1) is 27.8. The van der Waals surface area contributed by atoms with Crippen molar-refractivity contribution in [2.75, 3.05) is 6.61 Å². The summed E-state index contributed by atoms with van der Waals surface area (Å²) in [4.78, 5) is 0. The maximum atomic E-state index is 10.3. The molecule has 0 amide bonds.